The maximum Gasteiger partial charge on any atom is 0.0408 e. The fourth-order valence-corrected chi connectivity index (χ4v) is 3.04. The van der Waals surface area contributed by atoms with Crippen LogP contribution >= 0.6 is 22.9 Å². The molecule has 0 amide bonds. The van der Waals surface area contributed by atoms with Gasteiger partial charge >= 0.3 is 0 Å². The molecule has 0 saturated heterocycles. The van der Waals surface area contributed by atoms with Crippen molar-refractivity contribution >= 4 is 22.9 Å². The normalized spacial score (nSPS) is 10.8. The van der Waals surface area contributed by atoms with E-state index in [0.717, 1.165) is 24.5 Å². The average Bonchev–Trinajstić information content (AvgIpc) is 2.80. The summed E-state index contributed by atoms with van der Waals surface area (Å²) in [4.78, 5) is 2.85. The molecule has 0 aliphatic heterocycles. The highest BCUT2D eigenvalue weighted by molar-refractivity contribution is 7.11. The van der Waals surface area contributed by atoms with Gasteiger partial charge in [0.15, 0.2) is 0 Å². The molecule has 1 aromatic heterocycles. The van der Waals surface area contributed by atoms with Gasteiger partial charge in [-0.05, 0) is 48.7 Å². The molecule has 0 saturated carbocycles. The minimum atomic E-state index is 0.807. The molecule has 96 valence electrons. The van der Waals surface area contributed by atoms with Crippen LogP contribution in [0.2, 0.25) is 5.02 Å². The average molecular weight is 280 g/mol. The SMILES string of the molecule is CCc1ccc(CNCc2ccc(Cl)cc2C)s1. The second-order valence-corrected chi connectivity index (χ2v) is 6.09. The third-order valence-corrected chi connectivity index (χ3v) is 4.45. The van der Waals surface area contributed by atoms with Gasteiger partial charge in [0, 0.05) is 27.9 Å². The zero-order chi connectivity index (χ0) is 13.0. The summed E-state index contributed by atoms with van der Waals surface area (Å²) in [5.74, 6) is 0. The molecule has 0 fully saturated rings. The predicted molar refractivity (Wildman–Crippen MR) is 80.4 cm³/mol. The molecule has 1 nitrogen and oxygen atoms in total. The Kier molecular flexibility index (Phi) is 4.81. The van der Waals surface area contributed by atoms with Gasteiger partial charge < -0.3 is 5.32 Å². The molecule has 3 heteroatoms. The summed E-state index contributed by atoms with van der Waals surface area (Å²) >= 11 is 7.84. The van der Waals surface area contributed by atoms with Gasteiger partial charge in [-0.25, -0.2) is 0 Å². The molecule has 0 aliphatic carbocycles. The Morgan fingerprint density at radius 2 is 1.89 bits per heavy atom. The molecule has 0 unspecified atom stereocenters. The van der Waals surface area contributed by atoms with E-state index in [4.69, 9.17) is 11.6 Å². The summed E-state index contributed by atoms with van der Waals surface area (Å²) < 4.78 is 0. The van der Waals surface area contributed by atoms with Gasteiger partial charge in [-0.3, -0.25) is 0 Å². The zero-order valence-electron chi connectivity index (χ0n) is 10.8. The Labute approximate surface area is 118 Å². The summed E-state index contributed by atoms with van der Waals surface area (Å²) in [5, 5.41) is 4.29. The molecule has 1 aromatic carbocycles. The molecular formula is C15H18ClNS. The molecule has 0 radical (unpaired) electrons. The van der Waals surface area contributed by atoms with Crippen LogP contribution in [0.5, 0.6) is 0 Å². The lowest BCUT2D eigenvalue weighted by molar-refractivity contribution is 0.698. The quantitative estimate of drug-likeness (QED) is 0.846. The van der Waals surface area contributed by atoms with E-state index in [2.05, 4.69) is 37.4 Å². The number of rotatable bonds is 5. The number of halogens is 1. The highest BCUT2D eigenvalue weighted by Crippen LogP contribution is 2.18. The number of hydrogen-bond acceptors (Lipinski definition) is 2. The minimum absolute atomic E-state index is 0.807. The number of nitrogens with one attached hydrogen (secondary N) is 1. The molecule has 0 bridgehead atoms. The Morgan fingerprint density at radius 1 is 1.11 bits per heavy atom. The fraction of sp³-hybridized carbons (Fsp3) is 0.333. The van der Waals surface area contributed by atoms with Gasteiger partial charge in [-0.15, -0.1) is 11.3 Å². The van der Waals surface area contributed by atoms with Crippen LogP contribution in [-0.2, 0) is 19.5 Å². The highest BCUT2D eigenvalue weighted by atomic mass is 35.5. The fourth-order valence-electron chi connectivity index (χ4n) is 1.89. The molecule has 18 heavy (non-hydrogen) atoms. The van der Waals surface area contributed by atoms with Crippen LogP contribution in [0.3, 0.4) is 0 Å². The molecule has 0 atom stereocenters. The minimum Gasteiger partial charge on any atom is -0.308 e. The first-order chi connectivity index (χ1) is 8.69. The van der Waals surface area contributed by atoms with Crippen molar-refractivity contribution in [1.29, 1.82) is 0 Å². The van der Waals surface area contributed by atoms with Crippen molar-refractivity contribution in [3.63, 3.8) is 0 Å². The third-order valence-electron chi connectivity index (χ3n) is 2.99. The van der Waals surface area contributed by atoms with Crippen molar-refractivity contribution in [2.24, 2.45) is 0 Å². The van der Waals surface area contributed by atoms with Crippen LogP contribution < -0.4 is 5.32 Å². The van der Waals surface area contributed by atoms with Crippen molar-refractivity contribution < 1.29 is 0 Å². The zero-order valence-corrected chi connectivity index (χ0v) is 12.4. The lowest BCUT2D eigenvalue weighted by Gasteiger charge is -2.07. The molecule has 1 heterocycles. The summed E-state index contributed by atoms with van der Waals surface area (Å²) in [6.45, 7) is 6.12. The molecule has 0 spiro atoms. The Hall–Kier alpha value is -0.830. The lowest BCUT2D eigenvalue weighted by atomic mass is 10.1. The van der Waals surface area contributed by atoms with E-state index in [0.29, 0.717) is 0 Å². The summed E-state index contributed by atoms with van der Waals surface area (Å²) in [6, 6.07) is 10.5. The number of thiophene rings is 1. The Bertz CT molecular complexity index is 519. The maximum absolute atomic E-state index is 5.95. The molecule has 2 rings (SSSR count). The smallest absolute Gasteiger partial charge is 0.0408 e. The van der Waals surface area contributed by atoms with Crippen LogP contribution in [-0.4, -0.2) is 0 Å². The van der Waals surface area contributed by atoms with E-state index in [1.165, 1.54) is 20.9 Å². The van der Waals surface area contributed by atoms with Gasteiger partial charge in [0.2, 0.25) is 0 Å². The molecule has 1 N–H and O–H groups in total. The van der Waals surface area contributed by atoms with Crippen LogP contribution in [0, 0.1) is 6.92 Å². The van der Waals surface area contributed by atoms with Crippen LogP contribution in [0.15, 0.2) is 30.3 Å². The number of hydrogen-bond donors (Lipinski definition) is 1. The largest absolute Gasteiger partial charge is 0.308 e. The maximum atomic E-state index is 5.95. The summed E-state index contributed by atoms with van der Waals surface area (Å²) in [6.07, 6.45) is 1.13. The summed E-state index contributed by atoms with van der Waals surface area (Å²) in [7, 11) is 0. The van der Waals surface area contributed by atoms with Gasteiger partial charge in [-0.2, -0.15) is 0 Å². The lowest BCUT2D eigenvalue weighted by Crippen LogP contribution is -2.12. The van der Waals surface area contributed by atoms with Crippen LogP contribution in [0.25, 0.3) is 0 Å². The molecule has 0 aliphatic rings. The Morgan fingerprint density at radius 3 is 2.56 bits per heavy atom. The van der Waals surface area contributed by atoms with E-state index in [1.807, 2.05) is 23.5 Å². The monoisotopic (exact) mass is 279 g/mol. The van der Waals surface area contributed by atoms with Gasteiger partial charge in [0.25, 0.3) is 0 Å². The van der Waals surface area contributed by atoms with Crippen LogP contribution in [0.1, 0.15) is 27.8 Å². The van der Waals surface area contributed by atoms with Gasteiger partial charge in [0.05, 0.1) is 0 Å². The van der Waals surface area contributed by atoms with E-state index in [1.54, 1.807) is 0 Å². The third kappa shape index (κ3) is 3.58. The van der Waals surface area contributed by atoms with E-state index in [-0.39, 0.29) is 0 Å². The number of benzene rings is 1. The summed E-state index contributed by atoms with van der Waals surface area (Å²) in [5.41, 5.74) is 2.56. The van der Waals surface area contributed by atoms with E-state index < -0.39 is 0 Å². The topological polar surface area (TPSA) is 12.0 Å². The van der Waals surface area contributed by atoms with Crippen molar-refractivity contribution in [2.75, 3.05) is 0 Å². The second-order valence-electron chi connectivity index (χ2n) is 4.40. The standard InChI is InChI=1S/C15H18ClNS/c1-3-14-6-7-15(18-14)10-17-9-12-4-5-13(16)8-11(12)2/h4-8,17H,3,9-10H2,1-2H3. The van der Waals surface area contributed by atoms with E-state index in [9.17, 15) is 0 Å². The van der Waals surface area contributed by atoms with Crippen molar-refractivity contribution in [2.45, 2.75) is 33.4 Å². The van der Waals surface area contributed by atoms with Crippen molar-refractivity contribution in [3.8, 4) is 0 Å². The van der Waals surface area contributed by atoms with Gasteiger partial charge in [0.1, 0.15) is 0 Å². The Balaban J connectivity index is 1.88. The van der Waals surface area contributed by atoms with Gasteiger partial charge in [-0.1, -0.05) is 24.6 Å². The van der Waals surface area contributed by atoms with Crippen molar-refractivity contribution in [3.05, 3.63) is 56.2 Å². The predicted octanol–water partition coefficient (Wildman–Crippen LogP) is 4.56. The first-order valence-electron chi connectivity index (χ1n) is 6.22. The second kappa shape index (κ2) is 6.37. The van der Waals surface area contributed by atoms with Crippen LogP contribution in [0.4, 0.5) is 0 Å². The van der Waals surface area contributed by atoms with Crippen molar-refractivity contribution in [1.82, 2.24) is 5.32 Å². The number of aryl methyl sites for hydroxylation is 2. The first kappa shape index (κ1) is 13.6. The molecular weight excluding hydrogens is 262 g/mol. The first-order valence-corrected chi connectivity index (χ1v) is 7.42. The molecule has 2 aromatic rings. The highest BCUT2D eigenvalue weighted by Gasteiger charge is 2.01. The van der Waals surface area contributed by atoms with E-state index >= 15 is 0 Å².